The van der Waals surface area contributed by atoms with Crippen molar-refractivity contribution in [2.24, 2.45) is 5.73 Å². The summed E-state index contributed by atoms with van der Waals surface area (Å²) in [7, 11) is 0. The molecule has 1 amide bonds. The molecule has 0 aliphatic rings. The quantitative estimate of drug-likeness (QED) is 0.906. The van der Waals surface area contributed by atoms with Crippen molar-refractivity contribution in [1.82, 2.24) is 0 Å². The Hall–Kier alpha value is -2.13. The van der Waals surface area contributed by atoms with Crippen molar-refractivity contribution in [3.63, 3.8) is 0 Å². The molecule has 0 saturated carbocycles. The van der Waals surface area contributed by atoms with Gasteiger partial charge in [0.1, 0.15) is 0 Å². The Labute approximate surface area is 120 Å². The summed E-state index contributed by atoms with van der Waals surface area (Å²) in [6.07, 6.45) is 0.385. The van der Waals surface area contributed by atoms with Gasteiger partial charge in [0, 0.05) is 18.8 Å². The first-order valence-corrected chi connectivity index (χ1v) is 6.88. The van der Waals surface area contributed by atoms with Crippen molar-refractivity contribution >= 4 is 11.6 Å². The lowest BCUT2D eigenvalue weighted by Gasteiger charge is -2.21. The summed E-state index contributed by atoms with van der Waals surface area (Å²) in [6.45, 7) is 3.11. The predicted molar refractivity (Wildman–Crippen MR) is 82.5 cm³/mol. The van der Waals surface area contributed by atoms with Crippen LogP contribution in [0.3, 0.4) is 0 Å². The van der Waals surface area contributed by atoms with Crippen LogP contribution < -0.4 is 10.6 Å². The molecular formula is C17H20N2O. The second-order valence-electron chi connectivity index (χ2n) is 4.62. The van der Waals surface area contributed by atoms with E-state index in [2.05, 4.69) is 0 Å². The number of hydrogen-bond acceptors (Lipinski definition) is 2. The molecule has 2 aromatic rings. The number of hydrogen-bond donors (Lipinski definition) is 1. The van der Waals surface area contributed by atoms with Gasteiger partial charge < -0.3 is 10.6 Å². The molecule has 3 heteroatoms. The third kappa shape index (κ3) is 3.25. The monoisotopic (exact) mass is 268 g/mol. The Morgan fingerprint density at radius 2 is 1.60 bits per heavy atom. The molecule has 0 fully saturated rings. The van der Waals surface area contributed by atoms with Crippen molar-refractivity contribution in [3.05, 3.63) is 65.7 Å². The fourth-order valence-corrected chi connectivity index (χ4v) is 2.30. The van der Waals surface area contributed by atoms with Crippen LogP contribution in [-0.2, 0) is 17.8 Å². The molecule has 2 rings (SSSR count). The molecule has 3 nitrogen and oxygen atoms in total. The summed E-state index contributed by atoms with van der Waals surface area (Å²) < 4.78 is 0. The largest absolute Gasteiger partial charge is 0.326 e. The Morgan fingerprint density at radius 1 is 1.00 bits per heavy atom. The molecule has 2 N–H and O–H groups in total. The fourth-order valence-electron chi connectivity index (χ4n) is 2.30. The Bertz CT molecular complexity index is 566. The van der Waals surface area contributed by atoms with E-state index < -0.39 is 0 Å². The van der Waals surface area contributed by atoms with Gasteiger partial charge in [-0.25, -0.2) is 0 Å². The maximum Gasteiger partial charge on any atom is 0.231 e. The van der Waals surface area contributed by atoms with E-state index in [9.17, 15) is 4.79 Å². The molecule has 104 valence electrons. The minimum Gasteiger partial charge on any atom is -0.326 e. The third-order valence-electron chi connectivity index (χ3n) is 3.37. The molecule has 0 bridgehead atoms. The lowest BCUT2D eigenvalue weighted by Crippen LogP contribution is -2.32. The number of likely N-dealkylation sites (N-methyl/N-ethyl adjacent to an activating group) is 1. The van der Waals surface area contributed by atoms with Crippen LogP contribution in [0.5, 0.6) is 0 Å². The summed E-state index contributed by atoms with van der Waals surface area (Å²) in [5.74, 6) is 0.0969. The Morgan fingerprint density at radius 3 is 2.20 bits per heavy atom. The topological polar surface area (TPSA) is 46.3 Å². The summed E-state index contributed by atoms with van der Waals surface area (Å²) in [5.41, 5.74) is 8.70. The molecule has 2 aromatic carbocycles. The number of anilines is 1. The van der Waals surface area contributed by atoms with Crippen LogP contribution in [-0.4, -0.2) is 12.5 Å². The van der Waals surface area contributed by atoms with Crippen LogP contribution in [0.4, 0.5) is 5.69 Å². The summed E-state index contributed by atoms with van der Waals surface area (Å²) in [5, 5.41) is 0. The molecule has 20 heavy (non-hydrogen) atoms. The van der Waals surface area contributed by atoms with E-state index >= 15 is 0 Å². The summed E-state index contributed by atoms with van der Waals surface area (Å²) in [6, 6.07) is 17.6. The average molecular weight is 268 g/mol. The van der Waals surface area contributed by atoms with Crippen LogP contribution in [0, 0.1) is 0 Å². The number of nitrogens with zero attached hydrogens (tertiary/aromatic N) is 1. The smallest absolute Gasteiger partial charge is 0.231 e. The number of benzene rings is 2. The Balaban J connectivity index is 2.18. The van der Waals surface area contributed by atoms with Crippen LogP contribution in [0.1, 0.15) is 18.1 Å². The molecule has 0 spiro atoms. The zero-order valence-electron chi connectivity index (χ0n) is 11.8. The van der Waals surface area contributed by atoms with E-state index in [4.69, 9.17) is 5.73 Å². The van der Waals surface area contributed by atoms with Gasteiger partial charge in [-0.15, -0.1) is 0 Å². The van der Waals surface area contributed by atoms with Crippen LogP contribution >= 0.6 is 0 Å². The molecule has 0 heterocycles. The van der Waals surface area contributed by atoms with Gasteiger partial charge in [-0.05, 0) is 30.2 Å². The van der Waals surface area contributed by atoms with Gasteiger partial charge >= 0.3 is 0 Å². The second-order valence-corrected chi connectivity index (χ2v) is 4.62. The molecule has 0 radical (unpaired) electrons. The third-order valence-corrected chi connectivity index (χ3v) is 3.37. The van der Waals surface area contributed by atoms with Crippen LogP contribution in [0.25, 0.3) is 0 Å². The van der Waals surface area contributed by atoms with Gasteiger partial charge in [-0.3, -0.25) is 4.79 Å². The number of carbonyl (C=O) groups is 1. The van der Waals surface area contributed by atoms with E-state index in [1.807, 2.05) is 61.5 Å². The number of carbonyl (C=O) groups excluding carboxylic acids is 1. The van der Waals surface area contributed by atoms with Gasteiger partial charge in [0.05, 0.1) is 6.42 Å². The molecule has 0 saturated heterocycles. The molecule has 0 aliphatic carbocycles. The van der Waals surface area contributed by atoms with E-state index in [1.54, 1.807) is 4.90 Å². The maximum absolute atomic E-state index is 12.5. The second kappa shape index (κ2) is 6.87. The average Bonchev–Trinajstić information content (AvgIpc) is 2.49. The molecule has 0 aromatic heterocycles. The van der Waals surface area contributed by atoms with Crippen molar-refractivity contribution in [2.75, 3.05) is 11.4 Å². The Kier molecular flexibility index (Phi) is 4.91. The fraction of sp³-hybridized carbons (Fsp3) is 0.235. The predicted octanol–water partition coefficient (Wildman–Crippen LogP) is 2.74. The van der Waals surface area contributed by atoms with E-state index in [-0.39, 0.29) is 5.91 Å². The first kappa shape index (κ1) is 14.3. The highest BCUT2D eigenvalue weighted by molar-refractivity contribution is 5.94. The van der Waals surface area contributed by atoms with Crippen molar-refractivity contribution < 1.29 is 4.79 Å². The lowest BCUT2D eigenvalue weighted by molar-refractivity contribution is -0.117. The SMILES string of the molecule is CCN(C(=O)Cc1ccccc1CN)c1ccccc1. The molecule has 0 atom stereocenters. The highest BCUT2D eigenvalue weighted by Gasteiger charge is 2.15. The first-order valence-electron chi connectivity index (χ1n) is 6.88. The maximum atomic E-state index is 12.5. The summed E-state index contributed by atoms with van der Waals surface area (Å²) in [4.78, 5) is 14.3. The van der Waals surface area contributed by atoms with Crippen LogP contribution in [0.2, 0.25) is 0 Å². The zero-order chi connectivity index (χ0) is 14.4. The van der Waals surface area contributed by atoms with Gasteiger partial charge in [0.15, 0.2) is 0 Å². The number of para-hydroxylation sites is 1. The minimum atomic E-state index is 0.0969. The minimum absolute atomic E-state index is 0.0969. The zero-order valence-corrected chi connectivity index (χ0v) is 11.8. The normalized spacial score (nSPS) is 10.3. The lowest BCUT2D eigenvalue weighted by atomic mass is 10.0. The van der Waals surface area contributed by atoms with Gasteiger partial charge in [0.25, 0.3) is 0 Å². The highest BCUT2D eigenvalue weighted by atomic mass is 16.2. The van der Waals surface area contributed by atoms with E-state index in [0.29, 0.717) is 19.5 Å². The standard InChI is InChI=1S/C17H20N2O/c1-2-19(16-10-4-3-5-11-16)17(20)12-14-8-6-7-9-15(14)13-18/h3-11H,2,12-13,18H2,1H3. The van der Waals surface area contributed by atoms with Crippen molar-refractivity contribution in [3.8, 4) is 0 Å². The summed E-state index contributed by atoms with van der Waals surface area (Å²) >= 11 is 0. The molecular weight excluding hydrogens is 248 g/mol. The number of rotatable bonds is 5. The van der Waals surface area contributed by atoms with Gasteiger partial charge in [-0.2, -0.15) is 0 Å². The van der Waals surface area contributed by atoms with E-state index in [0.717, 1.165) is 16.8 Å². The first-order chi connectivity index (χ1) is 9.76. The number of nitrogens with two attached hydrogens (primary N) is 1. The van der Waals surface area contributed by atoms with E-state index in [1.165, 1.54) is 0 Å². The highest BCUT2D eigenvalue weighted by Crippen LogP contribution is 2.16. The number of amides is 1. The van der Waals surface area contributed by atoms with Crippen LogP contribution in [0.15, 0.2) is 54.6 Å². The molecule has 0 unspecified atom stereocenters. The van der Waals surface area contributed by atoms with Crippen molar-refractivity contribution in [1.29, 1.82) is 0 Å². The van der Waals surface area contributed by atoms with Crippen molar-refractivity contribution in [2.45, 2.75) is 19.9 Å². The van der Waals surface area contributed by atoms with Gasteiger partial charge in [0.2, 0.25) is 5.91 Å². The van der Waals surface area contributed by atoms with Gasteiger partial charge in [-0.1, -0.05) is 42.5 Å². The molecule has 0 aliphatic heterocycles.